The highest BCUT2D eigenvalue weighted by atomic mass is 32.2. The van der Waals surface area contributed by atoms with E-state index < -0.39 is 5.60 Å². The average Bonchev–Trinajstić information content (AvgIpc) is 2.34. The van der Waals surface area contributed by atoms with Gasteiger partial charge in [-0.2, -0.15) is 0 Å². The Bertz CT molecular complexity index is 342. The highest BCUT2D eigenvalue weighted by Gasteiger charge is 2.21. The quantitative estimate of drug-likeness (QED) is 0.583. The van der Waals surface area contributed by atoms with Crippen LogP contribution in [0.3, 0.4) is 0 Å². The van der Waals surface area contributed by atoms with Gasteiger partial charge < -0.3 is 10.8 Å². The molecule has 96 valence electrons. The van der Waals surface area contributed by atoms with Crippen LogP contribution in [0.5, 0.6) is 0 Å². The van der Waals surface area contributed by atoms with Crippen molar-refractivity contribution in [2.75, 3.05) is 12.3 Å². The molecule has 0 saturated heterocycles. The van der Waals surface area contributed by atoms with Crippen LogP contribution in [0.1, 0.15) is 26.2 Å². The Labute approximate surface area is 106 Å². The molecule has 0 heterocycles. The summed E-state index contributed by atoms with van der Waals surface area (Å²) >= 11 is 1.60. The van der Waals surface area contributed by atoms with E-state index in [2.05, 4.69) is 0 Å². The molecule has 0 bridgehead atoms. The van der Waals surface area contributed by atoms with E-state index in [4.69, 9.17) is 5.73 Å². The number of benzene rings is 1. The molecule has 0 saturated carbocycles. The largest absolute Gasteiger partial charge is 0.389 e. The smallest absolute Gasteiger partial charge is 0.124 e. The van der Waals surface area contributed by atoms with E-state index in [1.165, 1.54) is 12.1 Å². The van der Waals surface area contributed by atoms with Crippen LogP contribution in [0.25, 0.3) is 0 Å². The summed E-state index contributed by atoms with van der Waals surface area (Å²) in [5.74, 6) is 0.660. The molecule has 0 fully saturated rings. The molecule has 3 N–H and O–H groups in total. The number of halogens is 1. The van der Waals surface area contributed by atoms with Gasteiger partial charge >= 0.3 is 0 Å². The van der Waals surface area contributed by atoms with Gasteiger partial charge in [-0.15, -0.1) is 11.8 Å². The van der Waals surface area contributed by atoms with Gasteiger partial charge in [-0.1, -0.05) is 13.0 Å². The standard InChI is InChI=1S/C13H20FNOS/c1-2-13(16,10-15)7-4-8-17-12-6-3-5-11(14)9-12/h3,5-6,9,16H,2,4,7-8,10,15H2,1H3. The summed E-state index contributed by atoms with van der Waals surface area (Å²) in [5.41, 5.74) is 4.79. The predicted molar refractivity (Wildman–Crippen MR) is 70.7 cm³/mol. The molecule has 1 unspecified atom stereocenters. The third-order valence-electron chi connectivity index (χ3n) is 2.89. The van der Waals surface area contributed by atoms with Crippen molar-refractivity contribution in [1.29, 1.82) is 0 Å². The fourth-order valence-corrected chi connectivity index (χ4v) is 2.47. The molecule has 0 amide bonds. The molecule has 1 aromatic rings. The minimum atomic E-state index is -0.734. The maximum atomic E-state index is 12.9. The van der Waals surface area contributed by atoms with E-state index in [1.807, 2.05) is 13.0 Å². The fourth-order valence-electron chi connectivity index (χ4n) is 1.57. The molecule has 0 radical (unpaired) electrons. The van der Waals surface area contributed by atoms with E-state index in [0.29, 0.717) is 19.4 Å². The summed E-state index contributed by atoms with van der Waals surface area (Å²) in [4.78, 5) is 0.929. The summed E-state index contributed by atoms with van der Waals surface area (Å²) in [6.45, 7) is 2.24. The minimum Gasteiger partial charge on any atom is -0.389 e. The number of nitrogens with two attached hydrogens (primary N) is 1. The molecule has 1 aromatic carbocycles. The Hall–Kier alpha value is -0.580. The Balaban J connectivity index is 2.29. The van der Waals surface area contributed by atoms with E-state index >= 15 is 0 Å². The lowest BCUT2D eigenvalue weighted by Crippen LogP contribution is -2.36. The summed E-state index contributed by atoms with van der Waals surface area (Å²) in [6, 6.07) is 6.57. The van der Waals surface area contributed by atoms with Crippen molar-refractivity contribution >= 4 is 11.8 Å². The normalized spacial score (nSPS) is 14.6. The van der Waals surface area contributed by atoms with E-state index in [-0.39, 0.29) is 5.82 Å². The molecular formula is C13H20FNOS. The van der Waals surface area contributed by atoms with Crippen molar-refractivity contribution in [2.45, 2.75) is 36.7 Å². The van der Waals surface area contributed by atoms with Crippen molar-refractivity contribution in [3.8, 4) is 0 Å². The molecule has 0 aliphatic heterocycles. The number of rotatable bonds is 7. The van der Waals surface area contributed by atoms with Crippen LogP contribution in [0, 0.1) is 5.82 Å². The van der Waals surface area contributed by atoms with Crippen LogP contribution in [-0.4, -0.2) is 23.0 Å². The molecule has 1 rings (SSSR count). The first-order valence-corrected chi connectivity index (χ1v) is 6.89. The highest BCUT2D eigenvalue weighted by Crippen LogP contribution is 2.22. The maximum Gasteiger partial charge on any atom is 0.124 e. The molecule has 0 aliphatic carbocycles. The van der Waals surface area contributed by atoms with Gasteiger partial charge in [0.25, 0.3) is 0 Å². The molecule has 0 spiro atoms. The molecule has 17 heavy (non-hydrogen) atoms. The van der Waals surface area contributed by atoms with Crippen molar-refractivity contribution in [3.63, 3.8) is 0 Å². The second kappa shape index (κ2) is 6.99. The number of hydrogen-bond donors (Lipinski definition) is 2. The zero-order chi connectivity index (χ0) is 12.7. The van der Waals surface area contributed by atoms with Gasteiger partial charge in [0.1, 0.15) is 5.82 Å². The fraction of sp³-hybridized carbons (Fsp3) is 0.538. The lowest BCUT2D eigenvalue weighted by molar-refractivity contribution is 0.0360. The third kappa shape index (κ3) is 5.06. The highest BCUT2D eigenvalue weighted by molar-refractivity contribution is 7.99. The Morgan fingerprint density at radius 1 is 1.47 bits per heavy atom. The topological polar surface area (TPSA) is 46.2 Å². The van der Waals surface area contributed by atoms with Gasteiger partial charge in [0, 0.05) is 11.4 Å². The Kier molecular flexibility index (Phi) is 5.95. The summed E-state index contributed by atoms with van der Waals surface area (Å²) in [7, 11) is 0. The van der Waals surface area contributed by atoms with Gasteiger partial charge in [-0.25, -0.2) is 4.39 Å². The summed E-state index contributed by atoms with van der Waals surface area (Å²) < 4.78 is 12.9. The molecule has 2 nitrogen and oxygen atoms in total. The van der Waals surface area contributed by atoms with Crippen molar-refractivity contribution in [1.82, 2.24) is 0 Å². The predicted octanol–water partition coefficient (Wildman–Crippen LogP) is 2.80. The monoisotopic (exact) mass is 257 g/mol. The van der Waals surface area contributed by atoms with E-state index in [0.717, 1.165) is 17.1 Å². The van der Waals surface area contributed by atoms with Gasteiger partial charge in [-0.05, 0) is 43.2 Å². The lowest BCUT2D eigenvalue weighted by atomic mass is 9.95. The van der Waals surface area contributed by atoms with Crippen molar-refractivity contribution in [2.24, 2.45) is 5.73 Å². The second-order valence-electron chi connectivity index (χ2n) is 4.19. The van der Waals surface area contributed by atoms with E-state index in [1.54, 1.807) is 17.8 Å². The summed E-state index contributed by atoms with van der Waals surface area (Å²) in [6.07, 6.45) is 2.25. The second-order valence-corrected chi connectivity index (χ2v) is 5.36. The van der Waals surface area contributed by atoms with Crippen LogP contribution < -0.4 is 5.73 Å². The lowest BCUT2D eigenvalue weighted by Gasteiger charge is -2.24. The molecule has 1 atom stereocenters. The van der Waals surface area contributed by atoms with Crippen LogP contribution >= 0.6 is 11.8 Å². The van der Waals surface area contributed by atoms with Gasteiger partial charge in [0.05, 0.1) is 5.60 Å². The zero-order valence-corrected chi connectivity index (χ0v) is 11.0. The van der Waals surface area contributed by atoms with Crippen molar-refractivity contribution < 1.29 is 9.50 Å². The number of aliphatic hydroxyl groups is 1. The SMILES string of the molecule is CCC(O)(CN)CCCSc1cccc(F)c1. The molecular weight excluding hydrogens is 237 g/mol. The number of thioether (sulfide) groups is 1. The molecule has 0 aromatic heterocycles. The van der Waals surface area contributed by atoms with Gasteiger partial charge in [-0.3, -0.25) is 0 Å². The van der Waals surface area contributed by atoms with Gasteiger partial charge in [0.2, 0.25) is 0 Å². The third-order valence-corrected chi connectivity index (χ3v) is 3.97. The van der Waals surface area contributed by atoms with Crippen LogP contribution in [0.4, 0.5) is 4.39 Å². The van der Waals surface area contributed by atoms with Crippen LogP contribution in [0.2, 0.25) is 0 Å². The minimum absolute atomic E-state index is 0.206. The number of hydrogen-bond acceptors (Lipinski definition) is 3. The van der Waals surface area contributed by atoms with Crippen LogP contribution in [0.15, 0.2) is 29.2 Å². The maximum absolute atomic E-state index is 12.9. The van der Waals surface area contributed by atoms with Crippen LogP contribution in [-0.2, 0) is 0 Å². The van der Waals surface area contributed by atoms with Crippen molar-refractivity contribution in [3.05, 3.63) is 30.1 Å². The zero-order valence-electron chi connectivity index (χ0n) is 10.2. The van der Waals surface area contributed by atoms with Gasteiger partial charge in [0.15, 0.2) is 0 Å². The van der Waals surface area contributed by atoms with E-state index in [9.17, 15) is 9.50 Å². The Morgan fingerprint density at radius 2 is 2.24 bits per heavy atom. The first-order valence-electron chi connectivity index (χ1n) is 5.90. The first kappa shape index (κ1) is 14.5. The Morgan fingerprint density at radius 3 is 2.82 bits per heavy atom. The molecule has 0 aliphatic rings. The first-order chi connectivity index (χ1) is 8.09. The molecule has 4 heteroatoms. The summed E-state index contributed by atoms with van der Waals surface area (Å²) in [5, 5.41) is 9.98. The average molecular weight is 257 g/mol.